The number of anilines is 3. The maximum absolute atomic E-state index is 4.74. The molecule has 0 bridgehead atoms. The summed E-state index contributed by atoms with van der Waals surface area (Å²) in [7, 11) is 0. The van der Waals surface area contributed by atoms with Gasteiger partial charge in [-0.05, 0) is 87.3 Å². The minimum Gasteiger partial charge on any atom is -0.370 e. The van der Waals surface area contributed by atoms with Crippen LogP contribution in [-0.2, 0) is 0 Å². The Labute approximate surface area is 211 Å². The lowest BCUT2D eigenvalue weighted by Gasteiger charge is -2.41. The van der Waals surface area contributed by atoms with Crippen molar-refractivity contribution < 1.29 is 0 Å². The van der Waals surface area contributed by atoms with Gasteiger partial charge in [-0.2, -0.15) is 0 Å². The SMILES string of the molecule is CC(C)=C(c1cc(Nc2ccc(N3CCC(N4CCNCC4)CC3)cn2)ncc1C)C1CCCC1. The van der Waals surface area contributed by atoms with E-state index in [-0.39, 0.29) is 0 Å². The lowest BCUT2D eigenvalue weighted by atomic mass is 9.86. The van der Waals surface area contributed by atoms with Crippen LogP contribution in [0, 0.1) is 12.8 Å². The molecule has 2 aromatic heterocycles. The monoisotopic (exact) mass is 474 g/mol. The van der Waals surface area contributed by atoms with E-state index < -0.39 is 0 Å². The summed E-state index contributed by atoms with van der Waals surface area (Å²) in [6.45, 7) is 13.6. The molecule has 5 rings (SSSR count). The van der Waals surface area contributed by atoms with E-state index in [1.54, 1.807) is 0 Å². The molecule has 0 atom stereocenters. The van der Waals surface area contributed by atoms with Crippen molar-refractivity contribution in [3.63, 3.8) is 0 Å². The molecule has 2 N–H and O–H groups in total. The van der Waals surface area contributed by atoms with Gasteiger partial charge in [0.2, 0.25) is 0 Å². The minimum absolute atomic E-state index is 0.682. The van der Waals surface area contributed by atoms with Crippen molar-refractivity contribution in [3.8, 4) is 0 Å². The molecule has 188 valence electrons. The fraction of sp³-hybridized carbons (Fsp3) is 0.586. The van der Waals surface area contributed by atoms with Gasteiger partial charge in [-0.1, -0.05) is 18.4 Å². The number of aryl methyl sites for hydroxylation is 1. The molecule has 4 heterocycles. The lowest BCUT2D eigenvalue weighted by molar-refractivity contribution is 0.150. The predicted octanol–water partition coefficient (Wildman–Crippen LogP) is 5.39. The Bertz CT molecular complexity index is 1010. The molecule has 6 nitrogen and oxygen atoms in total. The van der Waals surface area contributed by atoms with Crippen LogP contribution >= 0.6 is 0 Å². The quantitative estimate of drug-likeness (QED) is 0.586. The van der Waals surface area contributed by atoms with Crippen molar-refractivity contribution in [2.45, 2.75) is 65.3 Å². The average Bonchev–Trinajstić information content (AvgIpc) is 3.41. The fourth-order valence-electron chi connectivity index (χ4n) is 6.31. The molecule has 0 amide bonds. The molecule has 35 heavy (non-hydrogen) atoms. The van der Waals surface area contributed by atoms with Crippen LogP contribution in [0.15, 0.2) is 36.2 Å². The van der Waals surface area contributed by atoms with Gasteiger partial charge >= 0.3 is 0 Å². The summed E-state index contributed by atoms with van der Waals surface area (Å²) in [5.41, 5.74) is 6.78. The van der Waals surface area contributed by atoms with Crippen LogP contribution in [0.5, 0.6) is 0 Å². The number of allylic oxidation sites excluding steroid dienone is 2. The second kappa shape index (κ2) is 11.1. The van der Waals surface area contributed by atoms with Crippen molar-refractivity contribution >= 4 is 22.9 Å². The van der Waals surface area contributed by atoms with Gasteiger partial charge in [0, 0.05) is 51.5 Å². The van der Waals surface area contributed by atoms with Crippen LogP contribution in [0.2, 0.25) is 0 Å². The normalized spacial score (nSPS) is 20.3. The molecule has 2 saturated heterocycles. The van der Waals surface area contributed by atoms with Gasteiger partial charge in [0.1, 0.15) is 11.6 Å². The van der Waals surface area contributed by atoms with Gasteiger partial charge in [-0.3, -0.25) is 4.90 Å². The van der Waals surface area contributed by atoms with Crippen molar-refractivity contribution in [2.24, 2.45) is 5.92 Å². The Hall–Kier alpha value is -2.44. The first-order valence-electron chi connectivity index (χ1n) is 13.7. The summed E-state index contributed by atoms with van der Waals surface area (Å²) in [6, 6.07) is 7.26. The van der Waals surface area contributed by atoms with Gasteiger partial charge in [-0.25, -0.2) is 9.97 Å². The van der Waals surface area contributed by atoms with E-state index >= 15 is 0 Å². The number of hydrogen-bond acceptors (Lipinski definition) is 6. The zero-order valence-corrected chi connectivity index (χ0v) is 21.8. The average molecular weight is 475 g/mol. The molecule has 2 aromatic rings. The summed E-state index contributed by atoms with van der Waals surface area (Å²) in [6.07, 6.45) is 11.8. The number of nitrogens with zero attached hydrogens (tertiary/aromatic N) is 4. The number of piperazine rings is 1. The number of rotatable bonds is 6. The molecule has 1 saturated carbocycles. The van der Waals surface area contributed by atoms with E-state index in [9.17, 15) is 0 Å². The highest BCUT2D eigenvalue weighted by molar-refractivity contribution is 5.74. The summed E-state index contributed by atoms with van der Waals surface area (Å²) in [4.78, 5) is 14.6. The Kier molecular flexibility index (Phi) is 7.69. The largest absolute Gasteiger partial charge is 0.370 e. The smallest absolute Gasteiger partial charge is 0.132 e. The first kappa shape index (κ1) is 24.3. The van der Waals surface area contributed by atoms with Crippen molar-refractivity contribution in [1.29, 1.82) is 0 Å². The molecule has 3 fully saturated rings. The first-order valence-corrected chi connectivity index (χ1v) is 13.7. The van der Waals surface area contributed by atoms with Crippen LogP contribution in [0.4, 0.5) is 17.3 Å². The number of pyridine rings is 2. The zero-order chi connectivity index (χ0) is 24.2. The fourth-order valence-corrected chi connectivity index (χ4v) is 6.31. The van der Waals surface area contributed by atoms with E-state index in [0.717, 1.165) is 43.9 Å². The van der Waals surface area contributed by atoms with Crippen molar-refractivity contribution in [2.75, 3.05) is 49.5 Å². The number of aromatic nitrogens is 2. The molecular formula is C29H42N6. The Balaban J connectivity index is 1.23. The standard InChI is InChI=1S/C29H42N6/c1-21(2)29(23-6-4-5-7-23)26-18-28(31-19-22(26)3)33-27-9-8-25(20-32-27)34-14-10-24(11-15-34)35-16-12-30-13-17-35/h8-9,18-20,23-24,30H,4-7,10-17H2,1-3H3,(H,31,32,33). The molecule has 1 aliphatic carbocycles. The molecule has 2 aliphatic heterocycles. The third kappa shape index (κ3) is 5.70. The topological polar surface area (TPSA) is 56.3 Å². The Morgan fingerprint density at radius 2 is 1.63 bits per heavy atom. The van der Waals surface area contributed by atoms with E-state index in [2.05, 4.69) is 64.4 Å². The van der Waals surface area contributed by atoms with Crippen LogP contribution < -0.4 is 15.5 Å². The molecule has 0 unspecified atom stereocenters. The molecule has 0 aromatic carbocycles. The first-order chi connectivity index (χ1) is 17.1. The molecular weight excluding hydrogens is 432 g/mol. The van der Waals surface area contributed by atoms with Crippen molar-refractivity contribution in [3.05, 3.63) is 47.3 Å². The Morgan fingerprint density at radius 3 is 2.29 bits per heavy atom. The third-order valence-electron chi connectivity index (χ3n) is 8.20. The summed E-state index contributed by atoms with van der Waals surface area (Å²) in [5, 5.41) is 6.93. The van der Waals surface area contributed by atoms with Crippen LogP contribution in [0.25, 0.3) is 5.57 Å². The third-order valence-corrected chi connectivity index (χ3v) is 8.20. The van der Waals surface area contributed by atoms with Gasteiger partial charge in [0.05, 0.1) is 11.9 Å². The highest BCUT2D eigenvalue weighted by Gasteiger charge is 2.26. The van der Waals surface area contributed by atoms with Crippen LogP contribution in [0.1, 0.15) is 63.5 Å². The number of nitrogens with one attached hydrogen (secondary N) is 2. The van der Waals surface area contributed by atoms with E-state index in [1.807, 2.05) is 12.4 Å². The summed E-state index contributed by atoms with van der Waals surface area (Å²) in [5.74, 6) is 2.41. The van der Waals surface area contributed by atoms with Crippen LogP contribution in [-0.4, -0.2) is 60.2 Å². The van der Waals surface area contributed by atoms with Gasteiger partial charge in [0.15, 0.2) is 0 Å². The van der Waals surface area contributed by atoms with Gasteiger partial charge in [-0.15, -0.1) is 0 Å². The molecule has 3 aliphatic rings. The minimum atomic E-state index is 0.682. The zero-order valence-electron chi connectivity index (χ0n) is 21.8. The second-order valence-electron chi connectivity index (χ2n) is 10.8. The highest BCUT2D eigenvalue weighted by atomic mass is 15.2. The lowest BCUT2D eigenvalue weighted by Crippen LogP contribution is -2.52. The summed E-state index contributed by atoms with van der Waals surface area (Å²) < 4.78 is 0. The van der Waals surface area contributed by atoms with Gasteiger partial charge < -0.3 is 15.5 Å². The second-order valence-corrected chi connectivity index (χ2v) is 10.8. The molecule has 6 heteroatoms. The maximum Gasteiger partial charge on any atom is 0.132 e. The maximum atomic E-state index is 4.74. The number of hydrogen-bond donors (Lipinski definition) is 2. The molecule has 0 radical (unpaired) electrons. The predicted molar refractivity (Wildman–Crippen MR) is 146 cm³/mol. The van der Waals surface area contributed by atoms with Crippen molar-refractivity contribution in [1.82, 2.24) is 20.2 Å². The number of piperidine rings is 1. The van der Waals surface area contributed by atoms with E-state index in [4.69, 9.17) is 4.98 Å². The molecule has 0 spiro atoms. The van der Waals surface area contributed by atoms with E-state index in [1.165, 1.54) is 79.6 Å². The highest BCUT2D eigenvalue weighted by Crippen LogP contribution is 2.40. The Morgan fingerprint density at radius 1 is 0.914 bits per heavy atom. The van der Waals surface area contributed by atoms with E-state index in [0.29, 0.717) is 5.92 Å². The van der Waals surface area contributed by atoms with Gasteiger partial charge in [0.25, 0.3) is 0 Å². The summed E-state index contributed by atoms with van der Waals surface area (Å²) >= 11 is 0. The van der Waals surface area contributed by atoms with Crippen LogP contribution in [0.3, 0.4) is 0 Å².